The largest absolute Gasteiger partial charge is 1.00 e. The van der Waals surface area contributed by atoms with E-state index in [-0.39, 0.29) is 35.7 Å². The van der Waals surface area contributed by atoms with Crippen molar-refractivity contribution in [3.05, 3.63) is 78.2 Å². The van der Waals surface area contributed by atoms with Gasteiger partial charge in [0.25, 0.3) is 5.91 Å². The third-order valence-corrected chi connectivity index (χ3v) is 7.43. The van der Waals surface area contributed by atoms with Gasteiger partial charge in [0.05, 0.1) is 31.9 Å². The highest BCUT2D eigenvalue weighted by Crippen LogP contribution is 2.29. The second-order valence-corrected chi connectivity index (χ2v) is 9.67. The highest BCUT2D eigenvalue weighted by Gasteiger charge is 2.38. The zero-order valence-corrected chi connectivity index (χ0v) is 22.2. The molecular formula is C28H31FIN3O2. The number of halogens is 2. The van der Waals surface area contributed by atoms with Crippen LogP contribution >= 0.6 is 0 Å². The zero-order valence-electron chi connectivity index (χ0n) is 20.0. The van der Waals surface area contributed by atoms with Gasteiger partial charge in [-0.25, -0.2) is 4.39 Å². The molecule has 1 amide bonds. The second kappa shape index (κ2) is 11.0. The Morgan fingerprint density at radius 2 is 1.57 bits per heavy atom. The molecular weight excluding hydrogens is 556 g/mol. The Kier molecular flexibility index (Phi) is 8.06. The van der Waals surface area contributed by atoms with E-state index in [2.05, 4.69) is 12.0 Å². The third kappa shape index (κ3) is 5.83. The molecule has 0 radical (unpaired) electrons. The Balaban J connectivity index is 0.00000289. The van der Waals surface area contributed by atoms with Crippen LogP contribution in [0.5, 0.6) is 11.5 Å². The summed E-state index contributed by atoms with van der Waals surface area (Å²) in [6.45, 7) is 4.20. The van der Waals surface area contributed by atoms with E-state index >= 15 is 0 Å². The van der Waals surface area contributed by atoms with Crippen molar-refractivity contribution in [2.45, 2.75) is 31.7 Å². The molecule has 7 heteroatoms. The number of carbonyl (C=O) groups excluding carboxylic acids is 1. The van der Waals surface area contributed by atoms with Gasteiger partial charge in [0.1, 0.15) is 17.3 Å². The van der Waals surface area contributed by atoms with Crippen LogP contribution in [0.3, 0.4) is 0 Å². The molecule has 0 unspecified atom stereocenters. The first-order valence-corrected chi connectivity index (χ1v) is 12.1. The summed E-state index contributed by atoms with van der Waals surface area (Å²) in [4.78, 5) is 19.7. The summed E-state index contributed by atoms with van der Waals surface area (Å²) in [5, 5.41) is 0. The zero-order chi connectivity index (χ0) is 23.5. The second-order valence-electron chi connectivity index (χ2n) is 9.67. The molecule has 0 N–H and O–H groups in total. The van der Waals surface area contributed by atoms with Gasteiger partial charge in [-0.1, -0.05) is 0 Å². The average molecular weight is 587 g/mol. The van der Waals surface area contributed by atoms with E-state index in [1.807, 2.05) is 35.2 Å². The van der Waals surface area contributed by atoms with Crippen LogP contribution in [-0.4, -0.2) is 59.5 Å². The minimum atomic E-state index is -0.296. The molecule has 5 rings (SSSR count). The van der Waals surface area contributed by atoms with Crippen LogP contribution in [0.25, 0.3) is 11.3 Å². The molecule has 2 fully saturated rings. The maximum Gasteiger partial charge on any atom is 0.253 e. The van der Waals surface area contributed by atoms with Crippen molar-refractivity contribution in [1.82, 2.24) is 9.88 Å². The van der Waals surface area contributed by atoms with Crippen LogP contribution in [0.15, 0.2) is 66.9 Å². The van der Waals surface area contributed by atoms with Gasteiger partial charge in [0.15, 0.2) is 0 Å². The Hall–Kier alpha value is -2.52. The van der Waals surface area contributed by atoms with Gasteiger partial charge in [-0.3, -0.25) is 9.78 Å². The maximum absolute atomic E-state index is 13.2. The number of piperidine rings is 1. The molecule has 0 saturated carbocycles. The van der Waals surface area contributed by atoms with Crippen LogP contribution < -0.4 is 28.7 Å². The molecule has 5 nitrogen and oxygen atoms in total. The van der Waals surface area contributed by atoms with E-state index in [1.165, 1.54) is 42.5 Å². The van der Waals surface area contributed by atoms with Gasteiger partial charge in [-0.05, 0) is 60.7 Å². The number of rotatable bonds is 5. The molecule has 3 heterocycles. The number of hydrogen-bond donors (Lipinski definition) is 0. The first kappa shape index (κ1) is 25.6. The number of likely N-dealkylation sites (tertiary alicyclic amines) is 2. The molecule has 1 aromatic heterocycles. The quantitative estimate of drug-likeness (QED) is 0.341. The Morgan fingerprint density at radius 1 is 0.971 bits per heavy atom. The van der Waals surface area contributed by atoms with Gasteiger partial charge in [0.2, 0.25) is 0 Å². The fourth-order valence-electron chi connectivity index (χ4n) is 5.35. The summed E-state index contributed by atoms with van der Waals surface area (Å²) < 4.78 is 20.0. The van der Waals surface area contributed by atoms with Crippen molar-refractivity contribution in [3.8, 4) is 22.8 Å². The highest BCUT2D eigenvalue weighted by atomic mass is 127. The summed E-state index contributed by atoms with van der Waals surface area (Å²) in [5.74, 6) is 1.02. The van der Waals surface area contributed by atoms with E-state index in [4.69, 9.17) is 4.74 Å². The lowest BCUT2D eigenvalue weighted by atomic mass is 10.0. The van der Waals surface area contributed by atoms with E-state index < -0.39 is 0 Å². The summed E-state index contributed by atoms with van der Waals surface area (Å²) in [6.07, 6.45) is 6.52. The molecule has 3 aromatic rings. The maximum atomic E-state index is 13.2. The minimum absolute atomic E-state index is 0. The summed E-state index contributed by atoms with van der Waals surface area (Å²) in [7, 11) is 2.39. The number of quaternary nitrogens is 1. The normalized spacial score (nSPS) is 17.6. The molecule has 0 atom stereocenters. The van der Waals surface area contributed by atoms with Gasteiger partial charge in [-0.15, -0.1) is 0 Å². The topological polar surface area (TPSA) is 42.4 Å². The van der Waals surface area contributed by atoms with Crippen molar-refractivity contribution >= 4 is 5.91 Å². The summed E-state index contributed by atoms with van der Waals surface area (Å²) >= 11 is 0. The molecule has 2 aliphatic rings. The monoisotopic (exact) mass is 587 g/mol. The smallest absolute Gasteiger partial charge is 0.253 e. The van der Waals surface area contributed by atoms with Crippen molar-refractivity contribution in [1.29, 1.82) is 0 Å². The molecule has 2 saturated heterocycles. The van der Waals surface area contributed by atoms with Crippen molar-refractivity contribution in [2.75, 3.05) is 33.2 Å². The average Bonchev–Trinajstić information content (AvgIpc) is 3.33. The molecule has 2 aromatic carbocycles. The number of pyridine rings is 1. The number of amides is 1. The van der Waals surface area contributed by atoms with Gasteiger partial charge >= 0.3 is 0 Å². The van der Waals surface area contributed by atoms with Crippen molar-refractivity contribution in [2.24, 2.45) is 0 Å². The van der Waals surface area contributed by atoms with Gasteiger partial charge in [0, 0.05) is 56.1 Å². The molecule has 0 aliphatic carbocycles. The molecule has 35 heavy (non-hydrogen) atoms. The summed E-state index contributed by atoms with van der Waals surface area (Å²) in [6, 6.07) is 17.8. The lowest BCUT2D eigenvalue weighted by Crippen LogP contribution is -3.00. The minimum Gasteiger partial charge on any atom is -1.00 e. The Bertz CT molecular complexity index is 1140. The van der Waals surface area contributed by atoms with E-state index in [0.717, 1.165) is 37.2 Å². The van der Waals surface area contributed by atoms with E-state index in [0.29, 0.717) is 23.1 Å². The first-order chi connectivity index (χ1) is 16.5. The SMILES string of the molecule is C[N+]1(C2CCN(C(=O)c3ccnc(-c4ccc(Oc5ccc(F)cc5)cc4)c3)CC2)CCCC1.[I-]. The van der Waals surface area contributed by atoms with E-state index in [1.54, 1.807) is 24.4 Å². The number of nitrogens with zero attached hydrogens (tertiary/aromatic N) is 3. The molecule has 0 bridgehead atoms. The standard InChI is InChI=1S/C28H31FN3O2.HI/c1-32(18-2-3-19-32)24-13-16-31(17-14-24)28(33)22-12-15-30-27(20-22)21-4-8-25(9-5-21)34-26-10-6-23(29)7-11-26;/h4-12,15,20,24H,2-3,13-14,16-19H2,1H3;1H/q+1;/p-1. The van der Waals surface area contributed by atoms with Crippen molar-refractivity contribution in [3.63, 3.8) is 0 Å². The molecule has 0 spiro atoms. The third-order valence-electron chi connectivity index (χ3n) is 7.43. The van der Waals surface area contributed by atoms with Crippen LogP contribution in [0.4, 0.5) is 4.39 Å². The lowest BCUT2D eigenvalue weighted by molar-refractivity contribution is -0.923. The van der Waals surface area contributed by atoms with Crippen LogP contribution in [0, 0.1) is 5.82 Å². The lowest BCUT2D eigenvalue weighted by Gasteiger charge is -2.42. The van der Waals surface area contributed by atoms with Gasteiger partial charge < -0.3 is 38.1 Å². The highest BCUT2D eigenvalue weighted by molar-refractivity contribution is 5.95. The summed E-state index contributed by atoms with van der Waals surface area (Å²) in [5.41, 5.74) is 2.34. The Morgan fingerprint density at radius 3 is 2.20 bits per heavy atom. The van der Waals surface area contributed by atoms with Gasteiger partial charge in [-0.2, -0.15) is 0 Å². The fourth-order valence-corrected chi connectivity index (χ4v) is 5.35. The predicted octanol–water partition coefficient (Wildman–Crippen LogP) is 2.53. The molecule has 184 valence electrons. The number of hydrogen-bond acceptors (Lipinski definition) is 3. The number of carbonyl (C=O) groups is 1. The van der Waals surface area contributed by atoms with Crippen LogP contribution in [0.2, 0.25) is 0 Å². The van der Waals surface area contributed by atoms with Crippen molar-refractivity contribution < 1.29 is 42.4 Å². The first-order valence-electron chi connectivity index (χ1n) is 12.1. The van der Waals surface area contributed by atoms with Crippen LogP contribution in [-0.2, 0) is 0 Å². The number of aromatic nitrogens is 1. The fraction of sp³-hybridized carbons (Fsp3) is 0.357. The molecule has 2 aliphatic heterocycles. The number of ether oxygens (including phenoxy) is 1. The van der Waals surface area contributed by atoms with Crippen LogP contribution in [0.1, 0.15) is 36.0 Å². The predicted molar refractivity (Wildman–Crippen MR) is 130 cm³/mol. The number of benzene rings is 2. The van der Waals surface area contributed by atoms with E-state index in [9.17, 15) is 9.18 Å². The Labute approximate surface area is 223 Å².